The lowest BCUT2D eigenvalue weighted by Gasteiger charge is -2.20. The van der Waals surface area contributed by atoms with Crippen molar-refractivity contribution in [1.82, 2.24) is 10.2 Å². The van der Waals surface area contributed by atoms with Gasteiger partial charge < -0.3 is 15.0 Å². The Balaban J connectivity index is 1.81. The molecular formula is C17H24N2O3. The van der Waals surface area contributed by atoms with Crippen molar-refractivity contribution >= 4 is 11.8 Å². The molecule has 0 atom stereocenters. The van der Waals surface area contributed by atoms with Crippen LogP contribution in [0, 0.1) is 0 Å². The third-order valence-electron chi connectivity index (χ3n) is 3.94. The van der Waals surface area contributed by atoms with Gasteiger partial charge in [-0.2, -0.15) is 0 Å². The molecule has 0 saturated carbocycles. The average molecular weight is 304 g/mol. The standard InChI is InChI=1S/C17H24N2O3/c1-22-15-9-5-4-8-14(15)13-18-16(20)12-17(21)19-10-6-2-3-7-11-19/h4-5,8-9H,2-3,6-7,10-13H2,1H3,(H,18,20). The highest BCUT2D eigenvalue weighted by Gasteiger charge is 2.18. The minimum absolute atomic E-state index is 0.0700. The van der Waals surface area contributed by atoms with E-state index in [9.17, 15) is 9.59 Å². The first-order valence-electron chi connectivity index (χ1n) is 7.87. The van der Waals surface area contributed by atoms with Crippen LogP contribution in [0.25, 0.3) is 0 Å². The van der Waals surface area contributed by atoms with E-state index in [1.807, 2.05) is 29.2 Å². The molecule has 5 nitrogen and oxygen atoms in total. The molecule has 1 aliphatic rings. The van der Waals surface area contributed by atoms with Crippen LogP contribution in [0.3, 0.4) is 0 Å². The number of nitrogens with one attached hydrogen (secondary N) is 1. The van der Waals surface area contributed by atoms with E-state index in [0.717, 1.165) is 37.2 Å². The Hall–Kier alpha value is -2.04. The lowest BCUT2D eigenvalue weighted by atomic mass is 10.2. The number of ether oxygens (including phenoxy) is 1. The van der Waals surface area contributed by atoms with Gasteiger partial charge in [0.05, 0.1) is 7.11 Å². The van der Waals surface area contributed by atoms with Gasteiger partial charge in [0.1, 0.15) is 12.2 Å². The van der Waals surface area contributed by atoms with Crippen LogP contribution in [0.2, 0.25) is 0 Å². The molecule has 1 saturated heterocycles. The maximum absolute atomic E-state index is 12.1. The molecule has 1 heterocycles. The van der Waals surface area contributed by atoms with Crippen molar-refractivity contribution in [1.29, 1.82) is 0 Å². The number of methoxy groups -OCH3 is 1. The van der Waals surface area contributed by atoms with Crippen LogP contribution in [0.5, 0.6) is 5.75 Å². The molecule has 0 aliphatic carbocycles. The molecule has 5 heteroatoms. The van der Waals surface area contributed by atoms with Crippen molar-refractivity contribution < 1.29 is 14.3 Å². The molecule has 0 unspecified atom stereocenters. The molecule has 1 aliphatic heterocycles. The Kier molecular flexibility index (Phi) is 6.25. The number of rotatable bonds is 5. The number of hydrogen-bond acceptors (Lipinski definition) is 3. The molecule has 1 aromatic rings. The number of amides is 2. The highest BCUT2D eigenvalue weighted by Crippen LogP contribution is 2.16. The zero-order valence-electron chi connectivity index (χ0n) is 13.1. The van der Waals surface area contributed by atoms with Gasteiger partial charge in [0, 0.05) is 25.2 Å². The van der Waals surface area contributed by atoms with E-state index in [1.54, 1.807) is 7.11 Å². The maximum atomic E-state index is 12.1. The molecule has 0 bridgehead atoms. The van der Waals surface area contributed by atoms with Gasteiger partial charge in [0.2, 0.25) is 11.8 Å². The Morgan fingerprint density at radius 3 is 2.50 bits per heavy atom. The molecule has 1 fully saturated rings. The summed E-state index contributed by atoms with van der Waals surface area (Å²) in [6.45, 7) is 1.92. The smallest absolute Gasteiger partial charge is 0.232 e. The van der Waals surface area contributed by atoms with Crippen LogP contribution in [-0.4, -0.2) is 36.9 Å². The van der Waals surface area contributed by atoms with E-state index in [0.29, 0.717) is 6.54 Å². The Morgan fingerprint density at radius 1 is 1.14 bits per heavy atom. The second-order valence-corrected chi connectivity index (χ2v) is 5.56. The van der Waals surface area contributed by atoms with Crippen molar-refractivity contribution in [2.45, 2.75) is 38.6 Å². The predicted octanol–water partition coefficient (Wildman–Crippen LogP) is 2.10. The summed E-state index contributed by atoms with van der Waals surface area (Å²) < 4.78 is 5.24. The van der Waals surface area contributed by atoms with Gasteiger partial charge in [-0.3, -0.25) is 9.59 Å². The first-order valence-corrected chi connectivity index (χ1v) is 7.87. The number of nitrogens with zero attached hydrogens (tertiary/aromatic N) is 1. The summed E-state index contributed by atoms with van der Waals surface area (Å²) in [4.78, 5) is 25.9. The van der Waals surface area contributed by atoms with Gasteiger partial charge >= 0.3 is 0 Å². The molecule has 1 N–H and O–H groups in total. The molecule has 0 spiro atoms. The second-order valence-electron chi connectivity index (χ2n) is 5.56. The summed E-state index contributed by atoms with van der Waals surface area (Å²) in [6.07, 6.45) is 4.34. The lowest BCUT2D eigenvalue weighted by molar-refractivity contribution is -0.136. The zero-order valence-corrected chi connectivity index (χ0v) is 13.1. The van der Waals surface area contributed by atoms with Crippen LogP contribution >= 0.6 is 0 Å². The van der Waals surface area contributed by atoms with Crippen LogP contribution in [0.15, 0.2) is 24.3 Å². The largest absolute Gasteiger partial charge is 0.496 e. The molecule has 2 amide bonds. The van der Waals surface area contributed by atoms with E-state index in [1.165, 1.54) is 12.8 Å². The van der Waals surface area contributed by atoms with Gasteiger partial charge in [-0.15, -0.1) is 0 Å². The fourth-order valence-electron chi connectivity index (χ4n) is 2.67. The van der Waals surface area contributed by atoms with Crippen molar-refractivity contribution in [2.24, 2.45) is 0 Å². The Morgan fingerprint density at radius 2 is 1.82 bits per heavy atom. The number of carbonyl (C=O) groups is 2. The van der Waals surface area contributed by atoms with Gasteiger partial charge in [0.15, 0.2) is 0 Å². The third-order valence-corrected chi connectivity index (χ3v) is 3.94. The normalized spacial score (nSPS) is 15.0. The quantitative estimate of drug-likeness (QED) is 0.848. The number of para-hydroxylation sites is 1. The molecule has 22 heavy (non-hydrogen) atoms. The van der Waals surface area contributed by atoms with Crippen LogP contribution in [0.1, 0.15) is 37.7 Å². The second kappa shape index (κ2) is 8.41. The first-order chi connectivity index (χ1) is 10.7. The van der Waals surface area contributed by atoms with E-state index in [4.69, 9.17) is 4.74 Å². The highest BCUT2D eigenvalue weighted by atomic mass is 16.5. The summed E-state index contributed by atoms with van der Waals surface area (Å²) in [5, 5.41) is 2.79. The highest BCUT2D eigenvalue weighted by molar-refractivity contribution is 5.96. The minimum Gasteiger partial charge on any atom is -0.496 e. The summed E-state index contributed by atoms with van der Waals surface area (Å²) >= 11 is 0. The summed E-state index contributed by atoms with van der Waals surface area (Å²) in [7, 11) is 1.60. The van der Waals surface area contributed by atoms with Gasteiger partial charge in [-0.05, 0) is 18.9 Å². The van der Waals surface area contributed by atoms with Crippen molar-refractivity contribution in [3.8, 4) is 5.75 Å². The lowest BCUT2D eigenvalue weighted by Crippen LogP contribution is -2.36. The minimum atomic E-state index is -0.236. The zero-order chi connectivity index (χ0) is 15.8. The monoisotopic (exact) mass is 304 g/mol. The van der Waals surface area contributed by atoms with E-state index >= 15 is 0 Å². The molecule has 0 radical (unpaired) electrons. The third kappa shape index (κ3) is 4.76. The molecule has 0 aromatic heterocycles. The van der Waals surface area contributed by atoms with Gasteiger partial charge in [-0.1, -0.05) is 31.0 Å². The molecule has 2 rings (SSSR count). The van der Waals surface area contributed by atoms with E-state index in [-0.39, 0.29) is 18.2 Å². The summed E-state index contributed by atoms with van der Waals surface area (Å²) in [6, 6.07) is 7.53. The summed E-state index contributed by atoms with van der Waals surface area (Å²) in [5.74, 6) is 0.432. The number of likely N-dealkylation sites (tertiary alicyclic amines) is 1. The average Bonchev–Trinajstić information content (AvgIpc) is 2.82. The van der Waals surface area contributed by atoms with Crippen LogP contribution in [0.4, 0.5) is 0 Å². The van der Waals surface area contributed by atoms with E-state index in [2.05, 4.69) is 5.32 Å². The number of hydrogen-bond donors (Lipinski definition) is 1. The van der Waals surface area contributed by atoms with Crippen molar-refractivity contribution in [3.05, 3.63) is 29.8 Å². The first kappa shape index (κ1) is 16.3. The Bertz CT molecular complexity index is 508. The molecule has 120 valence electrons. The summed E-state index contributed by atoms with van der Waals surface area (Å²) in [5.41, 5.74) is 0.903. The topological polar surface area (TPSA) is 58.6 Å². The van der Waals surface area contributed by atoms with Gasteiger partial charge in [-0.25, -0.2) is 0 Å². The Labute approximate surface area is 131 Å². The SMILES string of the molecule is COc1ccccc1CNC(=O)CC(=O)N1CCCCCC1. The van der Waals surface area contributed by atoms with E-state index < -0.39 is 0 Å². The molecule has 1 aromatic carbocycles. The van der Waals surface area contributed by atoms with Crippen LogP contribution < -0.4 is 10.1 Å². The number of benzene rings is 1. The maximum Gasteiger partial charge on any atom is 0.232 e. The van der Waals surface area contributed by atoms with Crippen LogP contribution in [-0.2, 0) is 16.1 Å². The molecular weight excluding hydrogens is 280 g/mol. The number of carbonyl (C=O) groups excluding carboxylic acids is 2. The predicted molar refractivity (Wildman–Crippen MR) is 84.5 cm³/mol. The fraction of sp³-hybridized carbons (Fsp3) is 0.529. The van der Waals surface area contributed by atoms with Crippen molar-refractivity contribution in [2.75, 3.05) is 20.2 Å². The van der Waals surface area contributed by atoms with Crippen molar-refractivity contribution in [3.63, 3.8) is 0 Å². The van der Waals surface area contributed by atoms with Gasteiger partial charge in [0.25, 0.3) is 0 Å². The fourth-order valence-corrected chi connectivity index (χ4v) is 2.67.